The summed E-state index contributed by atoms with van der Waals surface area (Å²) >= 11 is 6.03. The lowest BCUT2D eigenvalue weighted by Crippen LogP contribution is -2.41. The van der Waals surface area contributed by atoms with E-state index in [2.05, 4.69) is 5.10 Å². The maximum Gasteiger partial charge on any atom is 0.262 e. The van der Waals surface area contributed by atoms with E-state index >= 15 is 0 Å². The Balaban J connectivity index is 1.88. The van der Waals surface area contributed by atoms with Crippen LogP contribution in [0, 0.1) is 0 Å². The number of aryl methyl sites for hydroxylation is 1. The van der Waals surface area contributed by atoms with Crippen molar-refractivity contribution in [1.29, 1.82) is 0 Å². The van der Waals surface area contributed by atoms with Crippen molar-refractivity contribution in [2.45, 2.75) is 19.4 Å². The molecule has 0 N–H and O–H groups in total. The third-order valence-electron chi connectivity index (χ3n) is 5.00. The third-order valence-corrected chi connectivity index (χ3v) is 5.25. The van der Waals surface area contributed by atoms with Crippen LogP contribution >= 0.6 is 11.6 Å². The predicted molar refractivity (Wildman–Crippen MR) is 112 cm³/mol. The number of hydrogen-bond acceptors (Lipinski definition) is 4. The molecule has 2 amide bonds. The number of methoxy groups -OCH3 is 1. The average molecular weight is 417 g/mol. The molecule has 3 rings (SSSR count). The van der Waals surface area contributed by atoms with Gasteiger partial charge in [0.05, 0.1) is 24.1 Å². The summed E-state index contributed by atoms with van der Waals surface area (Å²) in [7, 11) is 3.51. The van der Waals surface area contributed by atoms with Gasteiger partial charge in [-0.1, -0.05) is 23.7 Å². The van der Waals surface area contributed by atoms with E-state index in [1.165, 1.54) is 16.8 Å². The Bertz CT molecular complexity index is 907. The van der Waals surface area contributed by atoms with E-state index in [9.17, 15) is 9.59 Å². The summed E-state index contributed by atoms with van der Waals surface area (Å²) < 4.78 is 7.03. The van der Waals surface area contributed by atoms with Crippen molar-refractivity contribution < 1.29 is 14.3 Å². The largest absolute Gasteiger partial charge is 0.383 e. The highest BCUT2D eigenvalue weighted by Gasteiger charge is 2.34. The Morgan fingerprint density at radius 1 is 1.28 bits per heavy atom. The van der Waals surface area contributed by atoms with Gasteiger partial charge in [0.15, 0.2) is 0 Å². The van der Waals surface area contributed by atoms with E-state index in [1.54, 1.807) is 19.2 Å². The Morgan fingerprint density at radius 3 is 2.59 bits per heavy atom. The van der Waals surface area contributed by atoms with Gasteiger partial charge in [-0.25, -0.2) is 5.01 Å². The molecule has 0 radical (unpaired) electrons. The molecule has 0 saturated heterocycles. The van der Waals surface area contributed by atoms with Crippen molar-refractivity contribution in [3.8, 4) is 0 Å². The summed E-state index contributed by atoms with van der Waals surface area (Å²) in [6, 6.07) is 11.1. The summed E-state index contributed by atoms with van der Waals surface area (Å²) in [4.78, 5) is 26.5. The molecule has 1 aliphatic rings. The summed E-state index contributed by atoms with van der Waals surface area (Å²) in [5, 5.41) is 6.77. The lowest BCUT2D eigenvalue weighted by Gasteiger charge is -2.26. The Kier molecular flexibility index (Phi) is 6.71. The second-order valence-electron chi connectivity index (χ2n) is 6.99. The maximum absolute atomic E-state index is 13.1. The van der Waals surface area contributed by atoms with Crippen molar-refractivity contribution in [3.63, 3.8) is 0 Å². The van der Waals surface area contributed by atoms with Gasteiger partial charge >= 0.3 is 0 Å². The quantitative estimate of drug-likeness (QED) is 0.697. The molecule has 1 aromatic heterocycles. The van der Waals surface area contributed by atoms with E-state index in [-0.39, 0.29) is 24.4 Å². The van der Waals surface area contributed by atoms with E-state index in [1.807, 2.05) is 42.1 Å². The molecule has 0 aliphatic carbocycles. The van der Waals surface area contributed by atoms with Gasteiger partial charge < -0.3 is 14.2 Å². The van der Waals surface area contributed by atoms with E-state index in [0.29, 0.717) is 24.6 Å². The molecule has 1 atom stereocenters. The van der Waals surface area contributed by atoms with Gasteiger partial charge in [0.2, 0.25) is 5.91 Å². The molecular weight excluding hydrogens is 392 g/mol. The van der Waals surface area contributed by atoms with Gasteiger partial charge in [0.25, 0.3) is 5.91 Å². The Labute approximate surface area is 175 Å². The molecule has 8 heteroatoms. The number of carbonyl (C=O) groups is 2. The highest BCUT2D eigenvalue weighted by atomic mass is 35.5. The zero-order chi connectivity index (χ0) is 21.0. The molecule has 7 nitrogen and oxygen atoms in total. The molecular formula is C21H25ClN4O3. The van der Waals surface area contributed by atoms with Crippen LogP contribution in [0.1, 0.15) is 30.6 Å². The Morgan fingerprint density at radius 2 is 2.00 bits per heavy atom. The second kappa shape index (κ2) is 9.24. The SMILES string of the molecule is COCCN(CC(=O)N1N=C(c2cccn2C)CC1c1ccc(Cl)cc1)C(C)=O. The summed E-state index contributed by atoms with van der Waals surface area (Å²) in [6.45, 7) is 2.12. The number of hydrogen-bond donors (Lipinski definition) is 0. The van der Waals surface area contributed by atoms with Crippen molar-refractivity contribution in [3.05, 3.63) is 58.9 Å². The van der Waals surface area contributed by atoms with Crippen molar-refractivity contribution in [2.24, 2.45) is 12.1 Å². The van der Waals surface area contributed by atoms with Gasteiger partial charge in [0.1, 0.15) is 6.54 Å². The van der Waals surface area contributed by atoms with Crippen LogP contribution in [0.5, 0.6) is 0 Å². The van der Waals surface area contributed by atoms with Gasteiger partial charge in [-0.2, -0.15) is 5.10 Å². The molecule has 2 aromatic rings. The molecule has 0 bridgehead atoms. The Hall–Kier alpha value is -2.64. The molecule has 154 valence electrons. The third kappa shape index (κ3) is 4.86. The standard InChI is InChI=1S/C21H25ClN4O3/c1-15(27)25(11-12-29-3)14-21(28)26-20(16-6-8-17(22)9-7-16)13-18(23-26)19-5-4-10-24(19)2/h4-10,20H,11-14H2,1-3H3. The monoisotopic (exact) mass is 416 g/mol. The van der Waals surface area contributed by atoms with Crippen molar-refractivity contribution in [1.82, 2.24) is 14.5 Å². The molecule has 0 fully saturated rings. The minimum absolute atomic E-state index is 0.0489. The normalized spacial score (nSPS) is 16.1. The minimum Gasteiger partial charge on any atom is -0.383 e. The molecule has 1 aliphatic heterocycles. The smallest absolute Gasteiger partial charge is 0.262 e. The first-order valence-electron chi connectivity index (χ1n) is 9.42. The van der Waals surface area contributed by atoms with Crippen LogP contribution < -0.4 is 0 Å². The lowest BCUT2D eigenvalue weighted by atomic mass is 10.0. The van der Waals surface area contributed by atoms with E-state index in [0.717, 1.165) is 17.0 Å². The molecule has 1 unspecified atom stereocenters. The van der Waals surface area contributed by atoms with E-state index < -0.39 is 0 Å². The van der Waals surface area contributed by atoms with Gasteiger partial charge in [-0.05, 0) is 29.8 Å². The number of carbonyl (C=O) groups excluding carboxylic acids is 2. The van der Waals surface area contributed by atoms with Gasteiger partial charge in [-0.15, -0.1) is 0 Å². The maximum atomic E-state index is 13.1. The first-order valence-corrected chi connectivity index (χ1v) is 9.79. The molecule has 29 heavy (non-hydrogen) atoms. The number of halogens is 1. The fourth-order valence-corrected chi connectivity index (χ4v) is 3.51. The predicted octanol–water partition coefficient (Wildman–Crippen LogP) is 2.85. The average Bonchev–Trinajstić information content (AvgIpc) is 3.31. The molecule has 1 aromatic carbocycles. The van der Waals surface area contributed by atoms with Crippen molar-refractivity contribution in [2.75, 3.05) is 26.8 Å². The fourth-order valence-electron chi connectivity index (χ4n) is 3.39. The second-order valence-corrected chi connectivity index (χ2v) is 7.43. The number of benzene rings is 1. The zero-order valence-electron chi connectivity index (χ0n) is 16.8. The number of rotatable bonds is 7. The minimum atomic E-state index is -0.249. The molecule has 0 spiro atoms. The number of aromatic nitrogens is 1. The summed E-state index contributed by atoms with van der Waals surface area (Å²) in [5.74, 6) is -0.412. The zero-order valence-corrected chi connectivity index (χ0v) is 17.6. The van der Waals surface area contributed by atoms with Crippen LogP contribution in [0.3, 0.4) is 0 Å². The lowest BCUT2D eigenvalue weighted by molar-refractivity contribution is -0.141. The number of ether oxygens (including phenoxy) is 1. The van der Waals surface area contributed by atoms with Crippen LogP contribution in [-0.2, 0) is 21.4 Å². The topological polar surface area (TPSA) is 67.1 Å². The summed E-state index contributed by atoms with van der Waals surface area (Å²) in [6.07, 6.45) is 2.53. The van der Waals surface area contributed by atoms with E-state index in [4.69, 9.17) is 16.3 Å². The molecule has 2 heterocycles. The highest BCUT2D eigenvalue weighted by Crippen LogP contribution is 2.33. The van der Waals surface area contributed by atoms with Crippen molar-refractivity contribution >= 4 is 29.1 Å². The molecule has 0 saturated carbocycles. The highest BCUT2D eigenvalue weighted by molar-refractivity contribution is 6.30. The first-order chi connectivity index (χ1) is 13.9. The number of amides is 2. The first kappa shape index (κ1) is 21.1. The van der Waals surface area contributed by atoms with Crippen LogP contribution in [-0.4, -0.2) is 58.8 Å². The van der Waals surface area contributed by atoms with Crippen LogP contribution in [0.15, 0.2) is 47.7 Å². The fraction of sp³-hybridized carbons (Fsp3) is 0.381. The number of hydrazone groups is 1. The number of nitrogens with zero attached hydrogens (tertiary/aromatic N) is 4. The van der Waals surface area contributed by atoms with Gasteiger partial charge in [-0.3, -0.25) is 9.59 Å². The summed E-state index contributed by atoms with van der Waals surface area (Å²) in [5.41, 5.74) is 2.74. The van der Waals surface area contributed by atoms with Crippen LogP contribution in [0.4, 0.5) is 0 Å². The van der Waals surface area contributed by atoms with Crippen LogP contribution in [0.2, 0.25) is 5.02 Å². The van der Waals surface area contributed by atoms with Crippen LogP contribution in [0.25, 0.3) is 0 Å². The van der Waals surface area contributed by atoms with Gasteiger partial charge in [0, 0.05) is 45.3 Å².